The summed E-state index contributed by atoms with van der Waals surface area (Å²) in [5.74, 6) is -0.296. The van der Waals surface area contributed by atoms with Gasteiger partial charge in [-0.3, -0.25) is 9.35 Å². The summed E-state index contributed by atoms with van der Waals surface area (Å²) >= 11 is 11.7. The minimum Gasteiger partial charge on any atom is -0.412 e. The molecule has 20 heavy (non-hydrogen) atoms. The normalized spacial score (nSPS) is 15.1. The molecule has 1 aromatic rings. The minimum absolute atomic E-state index is 0. The number of carbonyl (C=O) groups excluding carboxylic acids is 1. The van der Waals surface area contributed by atoms with Crippen LogP contribution in [0.25, 0.3) is 0 Å². The molecule has 0 unspecified atom stereocenters. The maximum atomic E-state index is 11.7. The standard InChI is InChI=1S/C10H8Cl2N2O4S.H2O/c1-5-2-10(15)14(13-5)8-3-7(12)9(4-6(8)11)19(16,17)18;/h3-4H,2H2,1H3,(H,16,17,18);1H2. The molecule has 0 radical (unpaired) electrons. The number of benzene rings is 1. The van der Waals surface area contributed by atoms with Crippen LogP contribution in [0.1, 0.15) is 13.3 Å². The number of carbonyl (C=O) groups is 1. The summed E-state index contributed by atoms with van der Waals surface area (Å²) in [6.07, 6.45) is 0.161. The molecule has 1 aliphatic rings. The summed E-state index contributed by atoms with van der Waals surface area (Å²) in [6, 6.07) is 2.15. The Kier molecular flexibility index (Phi) is 4.78. The summed E-state index contributed by atoms with van der Waals surface area (Å²) in [7, 11) is -4.48. The molecule has 0 atom stereocenters. The fraction of sp³-hybridized carbons (Fsp3) is 0.200. The van der Waals surface area contributed by atoms with Gasteiger partial charge in [-0.1, -0.05) is 23.2 Å². The number of nitrogens with zero attached hydrogens (tertiary/aromatic N) is 2. The van der Waals surface area contributed by atoms with Crippen molar-refractivity contribution in [3.8, 4) is 0 Å². The highest BCUT2D eigenvalue weighted by Gasteiger charge is 2.27. The highest BCUT2D eigenvalue weighted by molar-refractivity contribution is 7.86. The second-order valence-corrected chi connectivity index (χ2v) is 6.13. The van der Waals surface area contributed by atoms with Crippen molar-refractivity contribution in [1.82, 2.24) is 0 Å². The molecule has 1 aliphatic heterocycles. The largest absolute Gasteiger partial charge is 0.412 e. The van der Waals surface area contributed by atoms with Gasteiger partial charge < -0.3 is 5.48 Å². The fourth-order valence-electron chi connectivity index (χ4n) is 1.62. The van der Waals surface area contributed by atoms with E-state index in [1.54, 1.807) is 6.92 Å². The van der Waals surface area contributed by atoms with E-state index in [1.165, 1.54) is 6.07 Å². The van der Waals surface area contributed by atoms with E-state index >= 15 is 0 Å². The molecule has 1 heterocycles. The van der Waals surface area contributed by atoms with E-state index in [0.29, 0.717) is 5.71 Å². The molecular formula is C10H10Cl2N2O5S. The molecule has 0 fully saturated rings. The second kappa shape index (κ2) is 5.66. The van der Waals surface area contributed by atoms with Gasteiger partial charge in [-0.2, -0.15) is 18.5 Å². The quantitative estimate of drug-likeness (QED) is 0.820. The molecule has 10 heteroatoms. The van der Waals surface area contributed by atoms with Crippen molar-refractivity contribution in [2.45, 2.75) is 18.2 Å². The molecule has 1 aromatic carbocycles. The van der Waals surface area contributed by atoms with Crippen molar-refractivity contribution >= 4 is 50.6 Å². The number of hydrogen-bond donors (Lipinski definition) is 1. The average Bonchev–Trinajstić information content (AvgIpc) is 2.59. The van der Waals surface area contributed by atoms with Crippen LogP contribution in [-0.4, -0.2) is 30.1 Å². The lowest BCUT2D eigenvalue weighted by Crippen LogP contribution is -2.20. The zero-order valence-electron chi connectivity index (χ0n) is 10.1. The van der Waals surface area contributed by atoms with Crippen molar-refractivity contribution in [3.63, 3.8) is 0 Å². The highest BCUT2D eigenvalue weighted by atomic mass is 35.5. The molecule has 0 bridgehead atoms. The summed E-state index contributed by atoms with van der Waals surface area (Å²) < 4.78 is 31.1. The average molecular weight is 341 g/mol. The SMILES string of the molecule is CC1=NN(c2cc(Cl)c(S(=O)(=O)O)cc2Cl)C(=O)C1.O. The summed E-state index contributed by atoms with van der Waals surface area (Å²) in [5.41, 5.74) is 0.775. The molecule has 0 spiro atoms. The predicted molar refractivity (Wildman–Crippen MR) is 75.1 cm³/mol. The molecule has 7 nitrogen and oxygen atoms in total. The van der Waals surface area contributed by atoms with Crippen LogP contribution < -0.4 is 5.01 Å². The number of halogens is 2. The minimum atomic E-state index is -4.48. The first kappa shape index (κ1) is 16.9. The molecule has 0 saturated heterocycles. The van der Waals surface area contributed by atoms with Crippen LogP contribution in [0.2, 0.25) is 10.0 Å². The van der Waals surface area contributed by atoms with E-state index in [-0.39, 0.29) is 33.5 Å². The first-order valence-corrected chi connectivity index (χ1v) is 7.23. The maximum absolute atomic E-state index is 11.7. The van der Waals surface area contributed by atoms with Crippen molar-refractivity contribution in [1.29, 1.82) is 0 Å². The second-order valence-electron chi connectivity index (χ2n) is 3.93. The maximum Gasteiger partial charge on any atom is 0.296 e. The molecule has 110 valence electrons. The first-order chi connectivity index (χ1) is 8.70. The van der Waals surface area contributed by atoms with Crippen LogP contribution in [0.5, 0.6) is 0 Å². The zero-order chi connectivity index (χ0) is 14.4. The van der Waals surface area contributed by atoms with E-state index in [4.69, 9.17) is 27.8 Å². The molecular weight excluding hydrogens is 331 g/mol. The highest BCUT2D eigenvalue weighted by Crippen LogP contribution is 2.35. The van der Waals surface area contributed by atoms with Crippen LogP contribution in [0.15, 0.2) is 22.1 Å². The van der Waals surface area contributed by atoms with Crippen LogP contribution in [0.3, 0.4) is 0 Å². The lowest BCUT2D eigenvalue weighted by Gasteiger charge is -2.15. The molecule has 0 aromatic heterocycles. The van der Waals surface area contributed by atoms with E-state index in [9.17, 15) is 13.2 Å². The van der Waals surface area contributed by atoms with Gasteiger partial charge in [0.2, 0.25) is 0 Å². The number of amides is 1. The molecule has 3 N–H and O–H groups in total. The molecule has 1 amide bonds. The third kappa shape index (κ3) is 3.10. The van der Waals surface area contributed by atoms with E-state index in [0.717, 1.165) is 11.1 Å². The number of rotatable bonds is 2. The van der Waals surface area contributed by atoms with E-state index in [1.807, 2.05) is 0 Å². The lowest BCUT2D eigenvalue weighted by molar-refractivity contribution is -0.116. The van der Waals surface area contributed by atoms with Gasteiger partial charge >= 0.3 is 0 Å². The Morgan fingerprint density at radius 2 is 1.90 bits per heavy atom. The Labute approximate surface area is 124 Å². The van der Waals surface area contributed by atoms with Gasteiger partial charge in [0.15, 0.2) is 0 Å². The van der Waals surface area contributed by atoms with Gasteiger partial charge in [0.05, 0.1) is 22.2 Å². The van der Waals surface area contributed by atoms with Crippen molar-refractivity contribution in [2.75, 3.05) is 5.01 Å². The monoisotopic (exact) mass is 340 g/mol. The predicted octanol–water partition coefficient (Wildman–Crippen LogP) is 1.53. The lowest BCUT2D eigenvalue weighted by atomic mass is 10.3. The van der Waals surface area contributed by atoms with Crippen LogP contribution in [0.4, 0.5) is 5.69 Å². The molecule has 0 aliphatic carbocycles. The van der Waals surface area contributed by atoms with Crippen molar-refractivity contribution < 1.29 is 23.2 Å². The topological polar surface area (TPSA) is 119 Å². The zero-order valence-corrected chi connectivity index (χ0v) is 12.4. The first-order valence-electron chi connectivity index (χ1n) is 5.03. The van der Waals surface area contributed by atoms with Crippen LogP contribution in [-0.2, 0) is 14.9 Å². The van der Waals surface area contributed by atoms with Crippen molar-refractivity contribution in [2.24, 2.45) is 5.10 Å². The van der Waals surface area contributed by atoms with Gasteiger partial charge in [-0.15, -0.1) is 0 Å². The third-order valence-corrected chi connectivity index (χ3v) is 4.04. The number of hydrazone groups is 1. The Balaban J connectivity index is 0.00000200. The smallest absolute Gasteiger partial charge is 0.296 e. The van der Waals surface area contributed by atoms with Gasteiger partial charge in [0.1, 0.15) is 4.90 Å². The van der Waals surface area contributed by atoms with E-state index < -0.39 is 15.0 Å². The van der Waals surface area contributed by atoms with Gasteiger partial charge in [0.25, 0.3) is 16.0 Å². The van der Waals surface area contributed by atoms with E-state index in [2.05, 4.69) is 5.10 Å². The summed E-state index contributed by atoms with van der Waals surface area (Å²) in [4.78, 5) is 11.2. The Bertz CT molecular complexity index is 702. The van der Waals surface area contributed by atoms with Crippen LogP contribution in [0, 0.1) is 0 Å². The Morgan fingerprint density at radius 3 is 2.35 bits per heavy atom. The Hall–Kier alpha value is -1.19. The van der Waals surface area contributed by atoms with Crippen LogP contribution >= 0.6 is 23.2 Å². The molecule has 0 saturated carbocycles. The third-order valence-electron chi connectivity index (χ3n) is 2.42. The number of anilines is 1. The van der Waals surface area contributed by atoms with Crippen molar-refractivity contribution in [3.05, 3.63) is 22.2 Å². The van der Waals surface area contributed by atoms with Gasteiger partial charge in [-0.05, 0) is 19.1 Å². The number of hydrogen-bond acceptors (Lipinski definition) is 4. The summed E-state index contributed by atoms with van der Waals surface area (Å²) in [6.45, 7) is 1.68. The Morgan fingerprint density at radius 1 is 1.30 bits per heavy atom. The summed E-state index contributed by atoms with van der Waals surface area (Å²) in [5, 5.41) is 4.74. The van der Waals surface area contributed by atoms with Gasteiger partial charge in [-0.25, -0.2) is 0 Å². The van der Waals surface area contributed by atoms with Gasteiger partial charge in [0, 0.05) is 5.71 Å². The molecule has 2 rings (SSSR count). The fourth-order valence-corrected chi connectivity index (χ4v) is 2.95.